The van der Waals surface area contributed by atoms with Crippen molar-refractivity contribution in [1.82, 2.24) is 9.80 Å². The molecule has 134 valence electrons. The zero-order valence-corrected chi connectivity index (χ0v) is 14.2. The maximum absolute atomic E-state index is 13.0. The number of carbonyl (C=O) groups excluding carboxylic acids is 2. The lowest BCUT2D eigenvalue weighted by Crippen LogP contribution is -2.51. The number of fused-ring (bicyclic) bond motifs is 1. The fourth-order valence-electron chi connectivity index (χ4n) is 3.49. The van der Waals surface area contributed by atoms with Crippen molar-refractivity contribution in [3.63, 3.8) is 0 Å². The topological polar surface area (TPSA) is 49.9 Å². The van der Waals surface area contributed by atoms with Crippen LogP contribution < -0.4 is 4.74 Å². The molecule has 2 aliphatic heterocycles. The molecule has 1 fully saturated rings. The van der Waals surface area contributed by atoms with E-state index in [1.807, 2.05) is 24.3 Å². The molecule has 4 rings (SSSR count). The summed E-state index contributed by atoms with van der Waals surface area (Å²) < 4.78 is 18.6. The molecule has 5 nitrogen and oxygen atoms in total. The Bertz CT molecular complexity index is 829. The number of halogens is 1. The van der Waals surface area contributed by atoms with Gasteiger partial charge >= 0.3 is 0 Å². The van der Waals surface area contributed by atoms with Crippen molar-refractivity contribution in [3.8, 4) is 5.75 Å². The first kappa shape index (κ1) is 16.6. The highest BCUT2D eigenvalue weighted by molar-refractivity contribution is 5.94. The Morgan fingerprint density at radius 2 is 1.58 bits per heavy atom. The molecule has 0 spiro atoms. The van der Waals surface area contributed by atoms with Crippen molar-refractivity contribution >= 4 is 11.8 Å². The number of carbonyl (C=O) groups is 2. The van der Waals surface area contributed by atoms with Gasteiger partial charge < -0.3 is 14.5 Å². The van der Waals surface area contributed by atoms with E-state index < -0.39 is 0 Å². The summed E-state index contributed by atoms with van der Waals surface area (Å²) in [7, 11) is 0. The van der Waals surface area contributed by atoms with Crippen LogP contribution in [0, 0.1) is 5.82 Å². The molecule has 0 aliphatic carbocycles. The number of nitrogens with zero attached hydrogens (tertiary/aromatic N) is 2. The van der Waals surface area contributed by atoms with E-state index in [9.17, 15) is 14.0 Å². The summed E-state index contributed by atoms with van der Waals surface area (Å²) in [5.41, 5.74) is 1.40. The van der Waals surface area contributed by atoms with Crippen LogP contribution in [0.4, 0.5) is 4.39 Å². The Balaban J connectivity index is 1.39. The van der Waals surface area contributed by atoms with E-state index in [1.165, 1.54) is 24.3 Å². The summed E-state index contributed by atoms with van der Waals surface area (Å²) >= 11 is 0. The molecule has 0 bridgehead atoms. The van der Waals surface area contributed by atoms with Crippen LogP contribution in [0.2, 0.25) is 0 Å². The van der Waals surface area contributed by atoms with Crippen LogP contribution in [0.25, 0.3) is 0 Å². The first-order valence-electron chi connectivity index (χ1n) is 8.69. The average molecular weight is 354 g/mol. The number of para-hydroxylation sites is 1. The molecule has 2 aromatic rings. The van der Waals surface area contributed by atoms with Gasteiger partial charge in [-0.1, -0.05) is 18.2 Å². The Kier molecular flexibility index (Phi) is 4.32. The molecule has 6 heteroatoms. The molecule has 2 aliphatic rings. The van der Waals surface area contributed by atoms with Gasteiger partial charge in [-0.25, -0.2) is 4.39 Å². The van der Waals surface area contributed by atoms with Crippen LogP contribution in [0.15, 0.2) is 48.5 Å². The Labute approximate surface area is 151 Å². The van der Waals surface area contributed by atoms with Gasteiger partial charge in [0.25, 0.3) is 5.91 Å². The van der Waals surface area contributed by atoms with Crippen LogP contribution >= 0.6 is 0 Å². The van der Waals surface area contributed by atoms with Gasteiger partial charge in [0.15, 0.2) is 0 Å². The maximum atomic E-state index is 13.0. The van der Waals surface area contributed by atoms with Crippen molar-refractivity contribution < 1.29 is 18.7 Å². The summed E-state index contributed by atoms with van der Waals surface area (Å²) in [6.07, 6.45) is 0. The van der Waals surface area contributed by atoms with Crippen LogP contribution in [-0.4, -0.2) is 54.4 Å². The van der Waals surface area contributed by atoms with E-state index in [0.29, 0.717) is 38.3 Å². The minimum Gasteiger partial charge on any atom is -0.492 e. The summed E-state index contributed by atoms with van der Waals surface area (Å²) in [6, 6.07) is 13.2. The SMILES string of the molecule is O=C(c1ccc(F)cc1)N1CCN(C(=O)C2COc3ccccc32)CC1. The highest BCUT2D eigenvalue weighted by atomic mass is 19.1. The van der Waals surface area contributed by atoms with E-state index in [1.54, 1.807) is 9.80 Å². The van der Waals surface area contributed by atoms with Gasteiger partial charge in [0.1, 0.15) is 24.1 Å². The summed E-state index contributed by atoms with van der Waals surface area (Å²) in [5, 5.41) is 0. The predicted octanol–water partition coefficient (Wildman–Crippen LogP) is 2.29. The summed E-state index contributed by atoms with van der Waals surface area (Å²) in [4.78, 5) is 28.8. The largest absolute Gasteiger partial charge is 0.492 e. The molecule has 0 N–H and O–H groups in total. The molecule has 2 aromatic carbocycles. The van der Waals surface area contributed by atoms with Gasteiger partial charge in [-0.3, -0.25) is 9.59 Å². The quantitative estimate of drug-likeness (QED) is 0.831. The zero-order valence-electron chi connectivity index (χ0n) is 14.2. The fraction of sp³-hybridized carbons (Fsp3) is 0.300. The summed E-state index contributed by atoms with van der Waals surface area (Å²) in [5.74, 6) is 0.0491. The van der Waals surface area contributed by atoms with Gasteiger partial charge in [0.05, 0.1) is 0 Å². The number of hydrogen-bond donors (Lipinski definition) is 0. The number of hydrogen-bond acceptors (Lipinski definition) is 3. The van der Waals surface area contributed by atoms with Crippen molar-refractivity contribution in [1.29, 1.82) is 0 Å². The monoisotopic (exact) mass is 354 g/mol. The van der Waals surface area contributed by atoms with Crippen LogP contribution in [0.1, 0.15) is 21.8 Å². The molecular formula is C20H19FN2O3. The van der Waals surface area contributed by atoms with Crippen LogP contribution in [0.3, 0.4) is 0 Å². The van der Waals surface area contributed by atoms with E-state index in [4.69, 9.17) is 4.74 Å². The third kappa shape index (κ3) is 3.03. The van der Waals surface area contributed by atoms with E-state index >= 15 is 0 Å². The molecule has 0 radical (unpaired) electrons. The Morgan fingerprint density at radius 1 is 0.923 bits per heavy atom. The normalized spacial score (nSPS) is 19.0. The van der Waals surface area contributed by atoms with Gasteiger partial charge in [-0.05, 0) is 30.3 Å². The van der Waals surface area contributed by atoms with Crippen molar-refractivity contribution in [2.45, 2.75) is 5.92 Å². The van der Waals surface area contributed by atoms with E-state index in [2.05, 4.69) is 0 Å². The number of rotatable bonds is 2. The number of piperazine rings is 1. The smallest absolute Gasteiger partial charge is 0.253 e. The molecule has 2 amide bonds. The van der Waals surface area contributed by atoms with Crippen molar-refractivity contribution in [3.05, 3.63) is 65.5 Å². The lowest BCUT2D eigenvalue weighted by atomic mass is 9.99. The highest BCUT2D eigenvalue weighted by Crippen LogP contribution is 2.34. The van der Waals surface area contributed by atoms with E-state index in [0.717, 1.165) is 11.3 Å². The second-order valence-corrected chi connectivity index (χ2v) is 6.53. The van der Waals surface area contributed by atoms with Gasteiger partial charge in [0.2, 0.25) is 5.91 Å². The second kappa shape index (κ2) is 6.78. The molecule has 1 atom stereocenters. The van der Waals surface area contributed by atoms with E-state index in [-0.39, 0.29) is 23.5 Å². The molecule has 0 saturated carbocycles. The average Bonchev–Trinajstić information content (AvgIpc) is 3.12. The van der Waals surface area contributed by atoms with Crippen LogP contribution in [0.5, 0.6) is 5.75 Å². The third-order valence-corrected chi connectivity index (χ3v) is 4.97. The lowest BCUT2D eigenvalue weighted by Gasteiger charge is -2.35. The van der Waals surface area contributed by atoms with Crippen molar-refractivity contribution in [2.75, 3.05) is 32.8 Å². The predicted molar refractivity (Wildman–Crippen MR) is 93.6 cm³/mol. The number of amides is 2. The molecule has 1 saturated heterocycles. The van der Waals surface area contributed by atoms with Gasteiger partial charge in [-0.2, -0.15) is 0 Å². The second-order valence-electron chi connectivity index (χ2n) is 6.53. The maximum Gasteiger partial charge on any atom is 0.253 e. The molecule has 2 heterocycles. The zero-order chi connectivity index (χ0) is 18.1. The Morgan fingerprint density at radius 3 is 2.31 bits per heavy atom. The van der Waals surface area contributed by atoms with Crippen LogP contribution in [-0.2, 0) is 4.79 Å². The first-order chi connectivity index (χ1) is 12.6. The summed E-state index contributed by atoms with van der Waals surface area (Å²) in [6.45, 7) is 2.29. The molecule has 0 aromatic heterocycles. The first-order valence-corrected chi connectivity index (χ1v) is 8.69. The number of benzene rings is 2. The molecule has 26 heavy (non-hydrogen) atoms. The number of ether oxygens (including phenoxy) is 1. The molecule has 1 unspecified atom stereocenters. The minimum absolute atomic E-state index is 0.0452. The van der Waals surface area contributed by atoms with Gasteiger partial charge in [0, 0.05) is 37.3 Å². The third-order valence-electron chi connectivity index (χ3n) is 4.97. The Hall–Kier alpha value is -2.89. The lowest BCUT2D eigenvalue weighted by molar-refractivity contribution is -0.134. The molecular weight excluding hydrogens is 335 g/mol. The van der Waals surface area contributed by atoms with Crippen molar-refractivity contribution in [2.24, 2.45) is 0 Å². The highest BCUT2D eigenvalue weighted by Gasteiger charge is 2.35. The van der Waals surface area contributed by atoms with Gasteiger partial charge in [-0.15, -0.1) is 0 Å². The standard InChI is InChI=1S/C20H19FN2O3/c21-15-7-5-14(6-8-15)19(24)22-9-11-23(12-10-22)20(25)17-13-26-18-4-2-1-3-16(17)18/h1-8,17H,9-13H2. The fourth-order valence-corrected chi connectivity index (χ4v) is 3.49. The minimum atomic E-state index is -0.365.